The first-order chi connectivity index (χ1) is 16.7. The second-order valence-corrected chi connectivity index (χ2v) is 9.12. The Morgan fingerprint density at radius 3 is 2.17 bits per heavy atom. The van der Waals surface area contributed by atoms with Crippen molar-refractivity contribution < 1.29 is 14.7 Å². The number of aliphatic carboxylic acids is 1. The van der Waals surface area contributed by atoms with Gasteiger partial charge >= 0.3 is 5.97 Å². The molecule has 0 fully saturated rings. The average molecular weight is 508 g/mol. The van der Waals surface area contributed by atoms with Gasteiger partial charge < -0.3 is 10.8 Å². The number of rotatable bonds is 8. The molecule has 6 nitrogen and oxygen atoms in total. The van der Waals surface area contributed by atoms with Gasteiger partial charge in [0.2, 0.25) is 0 Å². The number of carbonyl (C=O) groups is 2. The topological polar surface area (TPSA) is 98.2 Å². The summed E-state index contributed by atoms with van der Waals surface area (Å²) in [5.74, 6) is -1.52. The van der Waals surface area contributed by atoms with Crippen LogP contribution in [0.3, 0.4) is 0 Å². The van der Waals surface area contributed by atoms with E-state index in [1.807, 2.05) is 72.3 Å². The standard InChI is InChI=1S/C27H23Cl2N3O3/c1-16(17-7-9-19(10-8-17)27(35)23(30)14-26(33)34)32-25(18-5-3-2-4-6-18)15-24(31-32)20-11-21(28)13-22(29)12-20/h2-13,15-16,23H,14,30H2,1H3,(H,33,34). The second kappa shape index (κ2) is 10.4. The molecule has 0 saturated carbocycles. The molecule has 4 aromatic rings. The SMILES string of the molecule is CC(c1ccc(C(=O)C(N)CC(=O)O)cc1)n1nc(-c2cc(Cl)cc(Cl)c2)cc1-c1ccccc1. The van der Waals surface area contributed by atoms with Gasteiger partial charge in [0.05, 0.1) is 29.9 Å². The largest absolute Gasteiger partial charge is 0.481 e. The quantitative estimate of drug-likeness (QED) is 0.280. The van der Waals surface area contributed by atoms with Gasteiger partial charge in [-0.3, -0.25) is 14.3 Å². The summed E-state index contributed by atoms with van der Waals surface area (Å²) in [6.07, 6.45) is -0.416. The van der Waals surface area contributed by atoms with E-state index in [2.05, 4.69) is 0 Å². The van der Waals surface area contributed by atoms with E-state index >= 15 is 0 Å². The molecule has 0 bridgehead atoms. The summed E-state index contributed by atoms with van der Waals surface area (Å²) in [6, 6.07) is 23.0. The number of halogens is 2. The molecule has 0 spiro atoms. The van der Waals surface area contributed by atoms with Crippen molar-refractivity contribution in [2.75, 3.05) is 0 Å². The van der Waals surface area contributed by atoms with Crippen molar-refractivity contribution in [1.82, 2.24) is 9.78 Å². The lowest BCUT2D eigenvalue weighted by Gasteiger charge is -2.17. The van der Waals surface area contributed by atoms with Gasteiger partial charge in [0.25, 0.3) is 0 Å². The van der Waals surface area contributed by atoms with E-state index in [0.29, 0.717) is 15.6 Å². The molecule has 35 heavy (non-hydrogen) atoms. The third-order valence-corrected chi connectivity index (χ3v) is 6.18. The predicted octanol–water partition coefficient (Wildman–Crippen LogP) is 6.12. The van der Waals surface area contributed by atoms with Crippen molar-refractivity contribution in [2.45, 2.75) is 25.4 Å². The first kappa shape index (κ1) is 24.7. The molecule has 1 aromatic heterocycles. The fraction of sp³-hybridized carbons (Fsp3) is 0.148. The van der Waals surface area contributed by atoms with Gasteiger partial charge in [-0.15, -0.1) is 0 Å². The van der Waals surface area contributed by atoms with E-state index in [1.54, 1.807) is 18.2 Å². The minimum atomic E-state index is -1.11. The van der Waals surface area contributed by atoms with Crippen LogP contribution in [-0.4, -0.2) is 32.7 Å². The Bertz CT molecular complexity index is 1350. The van der Waals surface area contributed by atoms with Gasteiger partial charge in [-0.1, -0.05) is 77.8 Å². The highest BCUT2D eigenvalue weighted by atomic mass is 35.5. The van der Waals surface area contributed by atoms with Gasteiger partial charge in [-0.2, -0.15) is 5.10 Å². The van der Waals surface area contributed by atoms with E-state index in [-0.39, 0.29) is 6.04 Å². The monoisotopic (exact) mass is 507 g/mol. The van der Waals surface area contributed by atoms with Gasteiger partial charge in [0.1, 0.15) is 0 Å². The van der Waals surface area contributed by atoms with Gasteiger partial charge in [0.15, 0.2) is 5.78 Å². The van der Waals surface area contributed by atoms with Crippen LogP contribution >= 0.6 is 23.2 Å². The summed E-state index contributed by atoms with van der Waals surface area (Å²) >= 11 is 12.4. The number of hydrogen-bond donors (Lipinski definition) is 2. The molecule has 0 aliphatic heterocycles. The first-order valence-corrected chi connectivity index (χ1v) is 11.7. The van der Waals surface area contributed by atoms with E-state index in [1.165, 1.54) is 0 Å². The van der Waals surface area contributed by atoms with Crippen LogP contribution in [0.25, 0.3) is 22.5 Å². The Kier molecular flexibility index (Phi) is 7.36. The van der Waals surface area contributed by atoms with E-state index < -0.39 is 24.2 Å². The number of carboxylic acids is 1. The highest BCUT2D eigenvalue weighted by Gasteiger charge is 2.21. The summed E-state index contributed by atoms with van der Waals surface area (Å²) in [4.78, 5) is 23.3. The van der Waals surface area contributed by atoms with Gasteiger partial charge in [-0.05, 0) is 42.3 Å². The Labute approximate surface area is 212 Å². The predicted molar refractivity (Wildman–Crippen MR) is 138 cm³/mol. The number of carbonyl (C=O) groups excluding carboxylic acids is 1. The maximum Gasteiger partial charge on any atom is 0.305 e. The van der Waals surface area contributed by atoms with Crippen LogP contribution in [0.2, 0.25) is 10.0 Å². The third-order valence-electron chi connectivity index (χ3n) is 5.74. The van der Waals surface area contributed by atoms with E-state index in [4.69, 9.17) is 39.1 Å². The zero-order valence-corrected chi connectivity index (χ0v) is 20.4. The number of aromatic nitrogens is 2. The average Bonchev–Trinajstić information content (AvgIpc) is 3.28. The minimum Gasteiger partial charge on any atom is -0.481 e. The van der Waals surface area contributed by atoms with Crippen molar-refractivity contribution in [3.05, 3.63) is 100 Å². The normalized spacial score (nSPS) is 12.8. The smallest absolute Gasteiger partial charge is 0.305 e. The molecule has 0 radical (unpaired) electrons. The number of Topliss-reactive ketones (excluding diaryl/α,β-unsaturated/α-hetero) is 1. The fourth-order valence-corrected chi connectivity index (χ4v) is 4.45. The third kappa shape index (κ3) is 5.62. The van der Waals surface area contributed by atoms with Crippen LogP contribution in [-0.2, 0) is 4.79 Å². The summed E-state index contributed by atoms with van der Waals surface area (Å²) in [5.41, 5.74) is 10.5. The molecule has 8 heteroatoms. The number of hydrogen-bond acceptors (Lipinski definition) is 4. The Morgan fingerprint density at radius 2 is 1.57 bits per heavy atom. The lowest BCUT2D eigenvalue weighted by atomic mass is 9.99. The van der Waals surface area contributed by atoms with Crippen LogP contribution in [0.15, 0.2) is 78.9 Å². The van der Waals surface area contributed by atoms with Crippen molar-refractivity contribution in [3.63, 3.8) is 0 Å². The molecule has 3 aromatic carbocycles. The first-order valence-electron chi connectivity index (χ1n) is 11.0. The maximum absolute atomic E-state index is 12.5. The minimum absolute atomic E-state index is 0.176. The molecule has 4 rings (SSSR count). The van der Waals surface area contributed by atoms with Crippen LogP contribution in [0.1, 0.15) is 35.3 Å². The second-order valence-electron chi connectivity index (χ2n) is 8.25. The Balaban J connectivity index is 1.71. The van der Waals surface area contributed by atoms with Crippen molar-refractivity contribution in [1.29, 1.82) is 0 Å². The lowest BCUT2D eigenvalue weighted by Crippen LogP contribution is -2.32. The molecule has 0 aliphatic rings. The lowest BCUT2D eigenvalue weighted by molar-refractivity contribution is -0.137. The summed E-state index contributed by atoms with van der Waals surface area (Å²) < 4.78 is 1.92. The highest BCUT2D eigenvalue weighted by molar-refractivity contribution is 6.35. The molecule has 0 saturated heterocycles. The highest BCUT2D eigenvalue weighted by Crippen LogP contribution is 2.33. The van der Waals surface area contributed by atoms with E-state index in [0.717, 1.165) is 28.1 Å². The Morgan fingerprint density at radius 1 is 0.943 bits per heavy atom. The molecule has 1 heterocycles. The van der Waals surface area contributed by atoms with E-state index in [9.17, 15) is 9.59 Å². The molecule has 0 amide bonds. The van der Waals surface area contributed by atoms with Crippen LogP contribution < -0.4 is 5.73 Å². The number of ketones is 1. The van der Waals surface area contributed by atoms with Crippen LogP contribution in [0.5, 0.6) is 0 Å². The van der Waals surface area contributed by atoms with Gasteiger partial charge in [0, 0.05) is 21.2 Å². The van der Waals surface area contributed by atoms with Crippen molar-refractivity contribution >= 4 is 35.0 Å². The molecule has 3 N–H and O–H groups in total. The zero-order valence-electron chi connectivity index (χ0n) is 18.9. The molecule has 178 valence electrons. The fourth-order valence-electron chi connectivity index (χ4n) is 3.92. The van der Waals surface area contributed by atoms with Crippen LogP contribution in [0, 0.1) is 0 Å². The molecular formula is C27H23Cl2N3O3. The summed E-state index contributed by atoms with van der Waals surface area (Å²) in [6.45, 7) is 2.02. The number of benzene rings is 3. The number of carboxylic acid groups (broad SMARTS) is 1. The van der Waals surface area contributed by atoms with Crippen molar-refractivity contribution in [3.8, 4) is 22.5 Å². The maximum atomic E-state index is 12.5. The summed E-state index contributed by atoms with van der Waals surface area (Å²) in [7, 11) is 0. The summed E-state index contributed by atoms with van der Waals surface area (Å²) in [5, 5.41) is 14.8. The Hall–Kier alpha value is -3.45. The molecule has 2 unspecified atom stereocenters. The van der Waals surface area contributed by atoms with Crippen molar-refractivity contribution in [2.24, 2.45) is 5.73 Å². The molecule has 2 atom stereocenters. The van der Waals surface area contributed by atoms with Gasteiger partial charge in [-0.25, -0.2) is 0 Å². The molecule has 0 aliphatic carbocycles. The molecular weight excluding hydrogens is 485 g/mol. The zero-order chi connectivity index (χ0) is 25.1. The van der Waals surface area contributed by atoms with Crippen LogP contribution in [0.4, 0.5) is 0 Å². The number of nitrogens with zero attached hydrogens (tertiary/aromatic N) is 2. The number of nitrogens with two attached hydrogens (primary N) is 1.